The number of hydrogen-bond donors (Lipinski definition) is 1. The molecule has 0 aliphatic carbocycles. The monoisotopic (exact) mass is 354 g/mol. The van der Waals surface area contributed by atoms with Crippen molar-refractivity contribution in [1.29, 1.82) is 0 Å². The minimum atomic E-state index is -0.741. The van der Waals surface area contributed by atoms with Crippen LogP contribution in [-0.4, -0.2) is 37.2 Å². The SMILES string of the molecule is COCCN1C(=O)c2ccccc2NC1(C)c1ccccc1OC(C)C. The van der Waals surface area contributed by atoms with Crippen molar-refractivity contribution in [3.63, 3.8) is 0 Å². The first-order chi connectivity index (χ1) is 12.5. The lowest BCUT2D eigenvalue weighted by atomic mass is 9.92. The molecule has 0 fully saturated rings. The van der Waals surface area contributed by atoms with Crippen molar-refractivity contribution < 1.29 is 14.3 Å². The molecule has 0 spiro atoms. The van der Waals surface area contributed by atoms with Crippen LogP contribution < -0.4 is 10.1 Å². The van der Waals surface area contributed by atoms with Crippen LogP contribution in [-0.2, 0) is 10.4 Å². The molecule has 2 aromatic rings. The summed E-state index contributed by atoms with van der Waals surface area (Å²) >= 11 is 0. The molecule has 138 valence electrons. The van der Waals surface area contributed by atoms with Crippen LogP contribution in [0.2, 0.25) is 0 Å². The van der Waals surface area contributed by atoms with Crippen LogP contribution in [0.15, 0.2) is 48.5 Å². The predicted molar refractivity (Wildman–Crippen MR) is 103 cm³/mol. The van der Waals surface area contributed by atoms with E-state index < -0.39 is 5.66 Å². The van der Waals surface area contributed by atoms with Gasteiger partial charge in [0.25, 0.3) is 5.91 Å². The number of hydrogen-bond acceptors (Lipinski definition) is 4. The third-order valence-corrected chi connectivity index (χ3v) is 4.61. The Bertz CT molecular complexity index is 790. The lowest BCUT2D eigenvalue weighted by Crippen LogP contribution is -2.56. The summed E-state index contributed by atoms with van der Waals surface area (Å²) in [5.74, 6) is 0.755. The normalized spacial score (nSPS) is 19.3. The number of carbonyl (C=O) groups is 1. The van der Waals surface area contributed by atoms with E-state index in [2.05, 4.69) is 5.32 Å². The molecule has 5 nitrogen and oxygen atoms in total. The lowest BCUT2D eigenvalue weighted by Gasteiger charge is -2.47. The smallest absolute Gasteiger partial charge is 0.258 e. The molecule has 0 saturated carbocycles. The summed E-state index contributed by atoms with van der Waals surface area (Å²) < 4.78 is 11.3. The number of rotatable bonds is 6. The average molecular weight is 354 g/mol. The summed E-state index contributed by atoms with van der Waals surface area (Å²) in [5.41, 5.74) is 1.68. The third-order valence-electron chi connectivity index (χ3n) is 4.61. The van der Waals surface area contributed by atoms with Gasteiger partial charge >= 0.3 is 0 Å². The van der Waals surface area contributed by atoms with Crippen LogP contribution in [0.3, 0.4) is 0 Å². The number of anilines is 1. The van der Waals surface area contributed by atoms with Gasteiger partial charge in [0.15, 0.2) is 0 Å². The zero-order chi connectivity index (χ0) is 18.7. The van der Waals surface area contributed by atoms with Crippen LogP contribution in [0, 0.1) is 0 Å². The molecular weight excluding hydrogens is 328 g/mol. The number of carbonyl (C=O) groups excluding carboxylic acids is 1. The van der Waals surface area contributed by atoms with Gasteiger partial charge in [-0.3, -0.25) is 4.79 Å². The fourth-order valence-corrected chi connectivity index (χ4v) is 3.40. The van der Waals surface area contributed by atoms with E-state index in [1.165, 1.54) is 0 Å². The maximum atomic E-state index is 13.2. The molecule has 1 N–H and O–H groups in total. The van der Waals surface area contributed by atoms with Crippen LogP contribution in [0.25, 0.3) is 0 Å². The molecule has 1 atom stereocenters. The van der Waals surface area contributed by atoms with Gasteiger partial charge in [0.1, 0.15) is 11.4 Å². The molecule has 2 aromatic carbocycles. The highest BCUT2D eigenvalue weighted by Gasteiger charge is 2.43. The summed E-state index contributed by atoms with van der Waals surface area (Å²) in [7, 11) is 1.64. The van der Waals surface area contributed by atoms with Crippen LogP contribution in [0.5, 0.6) is 5.75 Å². The van der Waals surface area contributed by atoms with Gasteiger partial charge in [0.05, 0.1) is 18.3 Å². The Kier molecular flexibility index (Phi) is 5.18. The highest BCUT2D eigenvalue weighted by atomic mass is 16.5. The molecule has 26 heavy (non-hydrogen) atoms. The second kappa shape index (κ2) is 7.38. The average Bonchev–Trinajstić information content (AvgIpc) is 2.61. The van der Waals surface area contributed by atoms with Crippen LogP contribution in [0.1, 0.15) is 36.7 Å². The number of ether oxygens (including phenoxy) is 2. The molecule has 5 heteroatoms. The van der Waals surface area contributed by atoms with Gasteiger partial charge in [-0.1, -0.05) is 30.3 Å². The summed E-state index contributed by atoms with van der Waals surface area (Å²) in [6.45, 7) is 6.94. The van der Waals surface area contributed by atoms with E-state index in [0.29, 0.717) is 18.7 Å². The number of fused-ring (bicyclic) bond motifs is 1. The van der Waals surface area contributed by atoms with Gasteiger partial charge in [-0.25, -0.2) is 0 Å². The van der Waals surface area contributed by atoms with Crippen molar-refractivity contribution >= 4 is 11.6 Å². The van der Waals surface area contributed by atoms with E-state index in [-0.39, 0.29) is 12.0 Å². The molecule has 1 aliphatic rings. The molecule has 3 rings (SSSR count). The first-order valence-corrected chi connectivity index (χ1v) is 8.91. The van der Waals surface area contributed by atoms with Crippen molar-refractivity contribution in [3.8, 4) is 5.75 Å². The van der Waals surface area contributed by atoms with E-state index in [1.54, 1.807) is 7.11 Å². The predicted octanol–water partition coefficient (Wildman–Crippen LogP) is 3.86. The summed E-state index contributed by atoms with van der Waals surface area (Å²) in [6, 6.07) is 15.5. The van der Waals surface area contributed by atoms with Crippen molar-refractivity contribution in [2.75, 3.05) is 25.6 Å². The maximum absolute atomic E-state index is 13.2. The molecule has 0 bridgehead atoms. The largest absolute Gasteiger partial charge is 0.491 e. The minimum absolute atomic E-state index is 0.0155. The van der Waals surface area contributed by atoms with E-state index >= 15 is 0 Å². The first kappa shape index (κ1) is 18.3. The number of nitrogens with one attached hydrogen (secondary N) is 1. The van der Waals surface area contributed by atoms with Gasteiger partial charge in [-0.15, -0.1) is 0 Å². The third kappa shape index (κ3) is 3.27. The summed E-state index contributed by atoms with van der Waals surface area (Å²) in [6.07, 6.45) is 0.0405. The van der Waals surface area contributed by atoms with E-state index in [1.807, 2.05) is 74.2 Å². The van der Waals surface area contributed by atoms with Crippen molar-refractivity contribution in [2.45, 2.75) is 32.5 Å². The van der Waals surface area contributed by atoms with E-state index in [4.69, 9.17) is 9.47 Å². The highest BCUT2D eigenvalue weighted by Crippen LogP contribution is 2.41. The van der Waals surface area contributed by atoms with E-state index in [9.17, 15) is 4.79 Å². The molecule has 1 unspecified atom stereocenters. The standard InChI is InChI=1S/C21H26N2O3/c1-15(2)26-19-12-8-6-10-17(19)21(3)22-18-11-7-5-9-16(18)20(24)23(21)13-14-25-4/h5-12,15,22H,13-14H2,1-4H3. The Morgan fingerprint density at radius 2 is 1.81 bits per heavy atom. The molecule has 0 saturated heterocycles. The zero-order valence-corrected chi connectivity index (χ0v) is 15.8. The van der Waals surface area contributed by atoms with E-state index in [0.717, 1.165) is 17.0 Å². The minimum Gasteiger partial charge on any atom is -0.491 e. The lowest BCUT2D eigenvalue weighted by molar-refractivity contribution is 0.0429. The fraction of sp³-hybridized carbons (Fsp3) is 0.381. The van der Waals surface area contributed by atoms with Gasteiger partial charge in [-0.2, -0.15) is 0 Å². The Balaban J connectivity index is 2.12. The Morgan fingerprint density at radius 1 is 1.12 bits per heavy atom. The second-order valence-corrected chi connectivity index (χ2v) is 6.86. The molecule has 1 aliphatic heterocycles. The molecule has 1 heterocycles. The van der Waals surface area contributed by atoms with Crippen LogP contribution >= 0.6 is 0 Å². The van der Waals surface area contributed by atoms with Crippen molar-refractivity contribution in [3.05, 3.63) is 59.7 Å². The Labute approximate surface area is 154 Å². The van der Waals surface area contributed by atoms with Gasteiger partial charge in [-0.05, 0) is 39.0 Å². The molecular formula is C21H26N2O3. The molecule has 0 aromatic heterocycles. The zero-order valence-electron chi connectivity index (χ0n) is 15.8. The maximum Gasteiger partial charge on any atom is 0.258 e. The second-order valence-electron chi connectivity index (χ2n) is 6.86. The summed E-state index contributed by atoms with van der Waals surface area (Å²) in [4.78, 5) is 15.1. The first-order valence-electron chi connectivity index (χ1n) is 8.91. The fourth-order valence-electron chi connectivity index (χ4n) is 3.40. The Hall–Kier alpha value is -2.53. The molecule has 0 radical (unpaired) electrons. The summed E-state index contributed by atoms with van der Waals surface area (Å²) in [5, 5.41) is 3.56. The number of para-hydroxylation sites is 2. The van der Waals surface area contributed by atoms with Gasteiger partial charge in [0.2, 0.25) is 0 Å². The van der Waals surface area contributed by atoms with Crippen molar-refractivity contribution in [2.24, 2.45) is 0 Å². The van der Waals surface area contributed by atoms with Gasteiger partial charge in [0, 0.05) is 24.9 Å². The van der Waals surface area contributed by atoms with Crippen molar-refractivity contribution in [1.82, 2.24) is 4.90 Å². The number of nitrogens with zero attached hydrogens (tertiary/aromatic N) is 1. The number of methoxy groups -OCH3 is 1. The number of amides is 1. The number of benzene rings is 2. The van der Waals surface area contributed by atoms with Crippen LogP contribution in [0.4, 0.5) is 5.69 Å². The quantitative estimate of drug-likeness (QED) is 0.856. The van der Waals surface area contributed by atoms with Gasteiger partial charge < -0.3 is 19.7 Å². The highest BCUT2D eigenvalue weighted by molar-refractivity contribution is 6.02. The molecule has 1 amide bonds. The topological polar surface area (TPSA) is 50.8 Å². The Morgan fingerprint density at radius 3 is 2.54 bits per heavy atom.